The average molecular weight is 401 g/mol. The van der Waals surface area contributed by atoms with Crippen LogP contribution in [0.25, 0.3) is 0 Å². The number of benzene rings is 2. The molecule has 0 spiro atoms. The Morgan fingerprint density at radius 1 is 1.17 bits per heavy atom. The Hall–Kier alpha value is -3.20. The molecule has 1 aliphatic rings. The third kappa shape index (κ3) is 4.00. The molecule has 9 nitrogen and oxygen atoms in total. The molecule has 1 aliphatic heterocycles. The number of hydrogen-bond acceptors (Lipinski definition) is 7. The summed E-state index contributed by atoms with van der Waals surface area (Å²) in [6.07, 6.45) is 1.42. The largest absolute Gasteiger partial charge is 0.497 e. The molecule has 0 radical (unpaired) electrons. The first-order valence-corrected chi connectivity index (χ1v) is 9.32. The van der Waals surface area contributed by atoms with Crippen molar-refractivity contribution in [2.75, 3.05) is 25.1 Å². The summed E-state index contributed by atoms with van der Waals surface area (Å²) in [5.74, 6) is 1.02. The first-order valence-electron chi connectivity index (χ1n) is 9.32. The lowest BCUT2D eigenvalue weighted by Crippen LogP contribution is -2.34. The molecule has 2 aromatic carbocycles. The predicted octanol–water partition coefficient (Wildman–Crippen LogP) is 3.70. The van der Waals surface area contributed by atoms with Crippen LogP contribution in [-0.4, -0.2) is 35.2 Å². The number of nitro groups is 2. The Kier molecular flexibility index (Phi) is 5.97. The smallest absolute Gasteiger partial charge is 0.302 e. The van der Waals surface area contributed by atoms with Gasteiger partial charge >= 0.3 is 5.69 Å². The van der Waals surface area contributed by atoms with Crippen LogP contribution >= 0.6 is 0 Å². The summed E-state index contributed by atoms with van der Waals surface area (Å²) in [5, 5.41) is 32.8. The summed E-state index contributed by atoms with van der Waals surface area (Å²) in [6, 6.07) is 9.04. The third-order valence-corrected chi connectivity index (χ3v) is 5.54. The molecular weight excluding hydrogens is 378 g/mol. The first kappa shape index (κ1) is 20.5. The molecule has 154 valence electrons. The predicted molar refractivity (Wildman–Crippen MR) is 108 cm³/mol. The Labute approximate surface area is 167 Å². The van der Waals surface area contributed by atoms with Crippen LogP contribution in [-0.2, 0) is 6.61 Å². The van der Waals surface area contributed by atoms with Gasteiger partial charge in [-0.25, -0.2) is 0 Å². The maximum absolute atomic E-state index is 11.7. The van der Waals surface area contributed by atoms with Crippen LogP contribution in [0.1, 0.15) is 35.4 Å². The molecule has 1 N–H and O–H groups in total. The van der Waals surface area contributed by atoms with Gasteiger partial charge in [0.25, 0.3) is 5.69 Å². The highest BCUT2D eigenvalue weighted by Crippen LogP contribution is 2.44. The van der Waals surface area contributed by atoms with Gasteiger partial charge in [-0.3, -0.25) is 20.2 Å². The molecule has 0 unspecified atom stereocenters. The summed E-state index contributed by atoms with van der Waals surface area (Å²) in [5.41, 5.74) is 0.958. The number of anilines is 1. The maximum atomic E-state index is 11.7. The lowest BCUT2D eigenvalue weighted by atomic mass is 9.88. The minimum absolute atomic E-state index is 0.0267. The summed E-state index contributed by atoms with van der Waals surface area (Å²) in [7, 11) is 1.61. The number of methoxy groups -OCH3 is 1. The fourth-order valence-corrected chi connectivity index (χ4v) is 3.96. The molecule has 0 bridgehead atoms. The molecule has 0 saturated carbocycles. The summed E-state index contributed by atoms with van der Waals surface area (Å²) >= 11 is 0. The number of aliphatic hydroxyl groups is 1. The Morgan fingerprint density at radius 2 is 1.86 bits per heavy atom. The van der Waals surface area contributed by atoms with Crippen molar-refractivity contribution in [3.8, 4) is 5.75 Å². The molecule has 1 heterocycles. The number of piperidine rings is 1. The van der Waals surface area contributed by atoms with Gasteiger partial charge in [-0.15, -0.1) is 0 Å². The van der Waals surface area contributed by atoms with Gasteiger partial charge < -0.3 is 14.7 Å². The van der Waals surface area contributed by atoms with Crippen LogP contribution in [0, 0.1) is 27.2 Å². The van der Waals surface area contributed by atoms with Crippen LogP contribution in [0.4, 0.5) is 17.1 Å². The monoisotopic (exact) mass is 401 g/mol. The van der Waals surface area contributed by atoms with Crippen LogP contribution in [0.2, 0.25) is 0 Å². The van der Waals surface area contributed by atoms with E-state index in [-0.39, 0.29) is 34.1 Å². The van der Waals surface area contributed by atoms with Gasteiger partial charge in [0, 0.05) is 24.7 Å². The second kappa shape index (κ2) is 8.44. The molecule has 1 fully saturated rings. The minimum atomic E-state index is -0.616. The zero-order valence-electron chi connectivity index (χ0n) is 16.3. The van der Waals surface area contributed by atoms with E-state index in [4.69, 9.17) is 4.74 Å². The van der Waals surface area contributed by atoms with Gasteiger partial charge in [-0.2, -0.15) is 0 Å². The van der Waals surface area contributed by atoms with Crippen molar-refractivity contribution in [2.24, 2.45) is 0 Å². The van der Waals surface area contributed by atoms with E-state index in [1.807, 2.05) is 24.3 Å². The highest BCUT2D eigenvalue weighted by atomic mass is 16.6. The van der Waals surface area contributed by atoms with Crippen LogP contribution < -0.4 is 9.64 Å². The molecule has 9 heteroatoms. The van der Waals surface area contributed by atoms with E-state index in [0.717, 1.165) is 11.3 Å². The second-order valence-corrected chi connectivity index (χ2v) is 7.09. The molecule has 1 saturated heterocycles. The van der Waals surface area contributed by atoms with E-state index in [2.05, 4.69) is 0 Å². The minimum Gasteiger partial charge on any atom is -0.497 e. The zero-order chi connectivity index (χ0) is 21.1. The molecule has 3 rings (SSSR count). The molecule has 0 aromatic heterocycles. The van der Waals surface area contributed by atoms with Gasteiger partial charge in [0.2, 0.25) is 0 Å². The van der Waals surface area contributed by atoms with Gasteiger partial charge in [0.05, 0.1) is 23.6 Å². The van der Waals surface area contributed by atoms with Crippen LogP contribution in [0.3, 0.4) is 0 Å². The summed E-state index contributed by atoms with van der Waals surface area (Å²) in [6.45, 7) is 1.94. The van der Waals surface area contributed by atoms with Gasteiger partial charge in [-0.1, -0.05) is 12.1 Å². The quantitative estimate of drug-likeness (QED) is 0.579. The van der Waals surface area contributed by atoms with Crippen LogP contribution in [0.15, 0.2) is 30.3 Å². The average Bonchev–Trinajstić information content (AvgIpc) is 2.73. The molecular formula is C20H23N3O6. The van der Waals surface area contributed by atoms with Gasteiger partial charge in [0.15, 0.2) is 5.69 Å². The molecule has 0 amide bonds. The van der Waals surface area contributed by atoms with E-state index in [9.17, 15) is 25.3 Å². The van der Waals surface area contributed by atoms with E-state index in [1.54, 1.807) is 12.0 Å². The number of ether oxygens (including phenoxy) is 1. The molecule has 0 aliphatic carbocycles. The number of aliphatic hydroxyl groups excluding tert-OH is 1. The molecule has 2 aromatic rings. The van der Waals surface area contributed by atoms with Gasteiger partial charge in [0.1, 0.15) is 5.75 Å². The van der Waals surface area contributed by atoms with E-state index in [0.29, 0.717) is 25.9 Å². The summed E-state index contributed by atoms with van der Waals surface area (Å²) in [4.78, 5) is 23.9. The highest BCUT2D eigenvalue weighted by molar-refractivity contribution is 5.79. The van der Waals surface area contributed by atoms with E-state index < -0.39 is 16.5 Å². The number of hydrogen-bond donors (Lipinski definition) is 1. The van der Waals surface area contributed by atoms with Crippen molar-refractivity contribution in [1.82, 2.24) is 0 Å². The normalized spacial score (nSPS) is 14.7. The van der Waals surface area contributed by atoms with Crippen molar-refractivity contribution in [3.05, 3.63) is 67.3 Å². The van der Waals surface area contributed by atoms with E-state index >= 15 is 0 Å². The summed E-state index contributed by atoms with van der Waals surface area (Å²) < 4.78 is 5.27. The second-order valence-electron chi connectivity index (χ2n) is 7.09. The number of rotatable bonds is 6. The SMILES string of the molecule is COc1cccc(C2CCN(c3c([N+](=O)[O-])cc(CO)c(C)c3[N+](=O)[O-])CC2)c1. The topological polar surface area (TPSA) is 119 Å². The van der Waals surface area contributed by atoms with Crippen molar-refractivity contribution in [3.63, 3.8) is 0 Å². The lowest BCUT2D eigenvalue weighted by Gasteiger charge is -2.33. The molecule has 29 heavy (non-hydrogen) atoms. The fraction of sp³-hybridized carbons (Fsp3) is 0.400. The Morgan fingerprint density at radius 3 is 2.41 bits per heavy atom. The standard InChI is InChI=1S/C20H23N3O6/c1-13-16(12-24)11-18(22(25)26)20(19(13)23(27)28)21-8-6-14(7-9-21)15-4-3-5-17(10-15)29-2/h3-5,10-11,14,24H,6-9,12H2,1-2H3. The van der Waals surface area contributed by atoms with Crippen molar-refractivity contribution >= 4 is 17.1 Å². The number of nitro benzene ring substituents is 2. The van der Waals surface area contributed by atoms with Crippen LogP contribution in [0.5, 0.6) is 5.75 Å². The van der Waals surface area contributed by atoms with Crippen molar-refractivity contribution < 1.29 is 19.7 Å². The van der Waals surface area contributed by atoms with Gasteiger partial charge in [-0.05, 0) is 48.9 Å². The Balaban J connectivity index is 1.94. The third-order valence-electron chi connectivity index (χ3n) is 5.54. The molecule has 0 atom stereocenters. The zero-order valence-corrected chi connectivity index (χ0v) is 16.3. The van der Waals surface area contributed by atoms with E-state index in [1.165, 1.54) is 13.0 Å². The fourth-order valence-electron chi connectivity index (χ4n) is 3.96. The first-order chi connectivity index (χ1) is 13.9. The Bertz CT molecular complexity index is 938. The lowest BCUT2D eigenvalue weighted by molar-refractivity contribution is -0.393. The number of nitrogens with zero attached hydrogens (tertiary/aromatic N) is 3. The van der Waals surface area contributed by atoms with Crippen molar-refractivity contribution in [2.45, 2.75) is 32.3 Å². The van der Waals surface area contributed by atoms with Crippen molar-refractivity contribution in [1.29, 1.82) is 0 Å². The highest BCUT2D eigenvalue weighted by Gasteiger charge is 2.35. The maximum Gasteiger partial charge on any atom is 0.302 e.